The maximum atomic E-state index is 13.5. The van der Waals surface area contributed by atoms with Crippen LogP contribution in [0.5, 0.6) is 0 Å². The molecule has 0 unspecified atom stereocenters. The van der Waals surface area contributed by atoms with Gasteiger partial charge in [0.2, 0.25) is 0 Å². The van der Waals surface area contributed by atoms with Gasteiger partial charge in [0, 0.05) is 31.0 Å². The summed E-state index contributed by atoms with van der Waals surface area (Å²) in [7, 11) is 1.97. The molecule has 0 aliphatic carbocycles. The van der Waals surface area contributed by atoms with Crippen molar-refractivity contribution in [2.45, 2.75) is 13.1 Å². The molecule has 0 atom stereocenters. The van der Waals surface area contributed by atoms with E-state index in [1.165, 1.54) is 12.1 Å². The Morgan fingerprint density at radius 3 is 2.70 bits per heavy atom. The van der Waals surface area contributed by atoms with Crippen molar-refractivity contribution in [3.8, 4) is 0 Å². The summed E-state index contributed by atoms with van der Waals surface area (Å²) < 4.78 is 13.5. The van der Waals surface area contributed by atoms with Gasteiger partial charge in [-0.3, -0.25) is 9.88 Å². The zero-order valence-electron chi connectivity index (χ0n) is 11.2. The number of thiocarbonyl (C=S) groups is 1. The summed E-state index contributed by atoms with van der Waals surface area (Å²) in [5, 5.41) is 0. The van der Waals surface area contributed by atoms with E-state index in [1.54, 1.807) is 6.20 Å². The molecule has 20 heavy (non-hydrogen) atoms. The topological polar surface area (TPSA) is 42.2 Å². The first-order valence-electron chi connectivity index (χ1n) is 6.21. The Morgan fingerprint density at radius 2 is 2.05 bits per heavy atom. The van der Waals surface area contributed by atoms with Gasteiger partial charge in [-0.25, -0.2) is 4.39 Å². The van der Waals surface area contributed by atoms with Crippen LogP contribution in [0.4, 0.5) is 4.39 Å². The maximum absolute atomic E-state index is 13.5. The highest BCUT2D eigenvalue weighted by Gasteiger charge is 2.06. The zero-order chi connectivity index (χ0) is 14.5. The molecule has 1 heterocycles. The van der Waals surface area contributed by atoms with Crippen LogP contribution >= 0.6 is 12.2 Å². The predicted molar refractivity (Wildman–Crippen MR) is 81.7 cm³/mol. The number of nitrogens with zero attached hydrogens (tertiary/aromatic N) is 2. The van der Waals surface area contributed by atoms with E-state index in [2.05, 4.69) is 9.88 Å². The Morgan fingerprint density at radius 1 is 1.30 bits per heavy atom. The van der Waals surface area contributed by atoms with Gasteiger partial charge in [-0.05, 0) is 42.4 Å². The molecule has 3 nitrogen and oxygen atoms in total. The Labute approximate surface area is 123 Å². The molecule has 0 saturated carbocycles. The minimum Gasteiger partial charge on any atom is -0.389 e. The summed E-state index contributed by atoms with van der Waals surface area (Å²) in [5.74, 6) is -0.319. The lowest BCUT2D eigenvalue weighted by atomic mass is 10.1. The fourth-order valence-electron chi connectivity index (χ4n) is 2.05. The third-order valence-corrected chi connectivity index (χ3v) is 3.11. The van der Waals surface area contributed by atoms with Crippen LogP contribution in [-0.2, 0) is 13.1 Å². The largest absolute Gasteiger partial charge is 0.389 e. The molecular formula is C15H16FN3S. The molecular weight excluding hydrogens is 273 g/mol. The quantitative estimate of drug-likeness (QED) is 0.859. The molecule has 2 rings (SSSR count). The standard InChI is InChI=1S/C15H16FN3S/c1-19(9-11-3-2-4-18-8-11)10-12-5-13(15(17)20)7-14(16)6-12/h2-8H,9-10H2,1H3,(H2,17,20). The van der Waals surface area contributed by atoms with Crippen LogP contribution in [0.2, 0.25) is 0 Å². The van der Waals surface area contributed by atoms with Gasteiger partial charge >= 0.3 is 0 Å². The van der Waals surface area contributed by atoms with Crippen molar-refractivity contribution in [1.82, 2.24) is 9.88 Å². The van der Waals surface area contributed by atoms with E-state index < -0.39 is 0 Å². The third-order valence-electron chi connectivity index (χ3n) is 2.87. The first-order chi connectivity index (χ1) is 9.54. The number of aromatic nitrogens is 1. The van der Waals surface area contributed by atoms with E-state index >= 15 is 0 Å². The van der Waals surface area contributed by atoms with Crippen molar-refractivity contribution in [2.24, 2.45) is 5.73 Å². The minimum atomic E-state index is -0.319. The second kappa shape index (κ2) is 6.54. The van der Waals surface area contributed by atoms with Crippen LogP contribution in [0, 0.1) is 5.82 Å². The minimum absolute atomic E-state index is 0.209. The van der Waals surface area contributed by atoms with Crippen molar-refractivity contribution < 1.29 is 4.39 Å². The number of pyridine rings is 1. The van der Waals surface area contributed by atoms with Crippen molar-refractivity contribution in [1.29, 1.82) is 0 Å². The Balaban J connectivity index is 2.07. The van der Waals surface area contributed by atoms with Crippen LogP contribution in [0.25, 0.3) is 0 Å². The lowest BCUT2D eigenvalue weighted by Gasteiger charge is -2.17. The number of rotatable bonds is 5. The van der Waals surface area contributed by atoms with Gasteiger partial charge in [0.25, 0.3) is 0 Å². The SMILES string of the molecule is CN(Cc1cccnc1)Cc1cc(F)cc(C(N)=S)c1. The first kappa shape index (κ1) is 14.6. The highest BCUT2D eigenvalue weighted by molar-refractivity contribution is 7.80. The molecule has 0 amide bonds. The summed E-state index contributed by atoms with van der Waals surface area (Å²) in [6.07, 6.45) is 3.56. The van der Waals surface area contributed by atoms with Gasteiger partial charge in [-0.1, -0.05) is 18.3 Å². The number of hydrogen-bond donors (Lipinski definition) is 1. The van der Waals surface area contributed by atoms with E-state index in [9.17, 15) is 4.39 Å². The van der Waals surface area contributed by atoms with Gasteiger partial charge in [0.05, 0.1) is 0 Å². The monoisotopic (exact) mass is 289 g/mol. The number of hydrogen-bond acceptors (Lipinski definition) is 3. The van der Waals surface area contributed by atoms with Gasteiger partial charge in [0.1, 0.15) is 10.8 Å². The van der Waals surface area contributed by atoms with Crippen molar-refractivity contribution in [3.63, 3.8) is 0 Å². The van der Waals surface area contributed by atoms with Crippen molar-refractivity contribution in [3.05, 3.63) is 65.2 Å². The van der Waals surface area contributed by atoms with Crippen LogP contribution in [0.3, 0.4) is 0 Å². The molecule has 104 valence electrons. The number of halogens is 1. The number of benzene rings is 1. The summed E-state index contributed by atoms with van der Waals surface area (Å²) in [6.45, 7) is 1.36. The second-order valence-corrected chi connectivity index (χ2v) is 5.19. The van der Waals surface area contributed by atoms with Gasteiger partial charge in [-0.2, -0.15) is 0 Å². The fraction of sp³-hybridized carbons (Fsp3) is 0.200. The summed E-state index contributed by atoms with van der Waals surface area (Å²) in [6, 6.07) is 8.59. The van der Waals surface area contributed by atoms with Crippen molar-refractivity contribution in [2.75, 3.05) is 7.05 Å². The second-order valence-electron chi connectivity index (χ2n) is 4.75. The van der Waals surface area contributed by atoms with Crippen LogP contribution in [0.1, 0.15) is 16.7 Å². The van der Waals surface area contributed by atoms with E-state index in [-0.39, 0.29) is 10.8 Å². The summed E-state index contributed by atoms with van der Waals surface area (Å²) in [4.78, 5) is 6.36. The molecule has 0 bridgehead atoms. The lowest BCUT2D eigenvalue weighted by Crippen LogP contribution is -2.18. The van der Waals surface area contributed by atoms with Crippen molar-refractivity contribution >= 4 is 17.2 Å². The Bertz CT molecular complexity index is 601. The van der Waals surface area contributed by atoms with E-state index in [4.69, 9.17) is 18.0 Å². The Hall–Kier alpha value is -1.85. The van der Waals surface area contributed by atoms with Gasteiger partial charge < -0.3 is 5.73 Å². The molecule has 2 N–H and O–H groups in total. The summed E-state index contributed by atoms with van der Waals surface area (Å²) in [5.41, 5.74) is 8.07. The Kier molecular flexibility index (Phi) is 4.76. The maximum Gasteiger partial charge on any atom is 0.124 e. The number of nitrogens with two attached hydrogens (primary N) is 1. The molecule has 0 spiro atoms. The highest BCUT2D eigenvalue weighted by atomic mass is 32.1. The molecule has 2 aromatic rings. The van der Waals surface area contributed by atoms with Gasteiger partial charge in [0.15, 0.2) is 0 Å². The fourth-order valence-corrected chi connectivity index (χ4v) is 2.17. The smallest absolute Gasteiger partial charge is 0.124 e. The molecule has 0 radical (unpaired) electrons. The average molecular weight is 289 g/mol. The van der Waals surface area contributed by atoms with Gasteiger partial charge in [-0.15, -0.1) is 0 Å². The molecule has 0 saturated heterocycles. The molecule has 1 aromatic carbocycles. The van der Waals surface area contributed by atoms with Crippen LogP contribution in [0.15, 0.2) is 42.7 Å². The molecule has 0 aliphatic heterocycles. The lowest BCUT2D eigenvalue weighted by molar-refractivity contribution is 0.318. The molecule has 5 heteroatoms. The van der Waals surface area contributed by atoms with E-state index in [1.807, 2.05) is 31.4 Å². The zero-order valence-corrected chi connectivity index (χ0v) is 12.0. The highest BCUT2D eigenvalue weighted by Crippen LogP contribution is 2.12. The summed E-state index contributed by atoms with van der Waals surface area (Å²) >= 11 is 4.89. The average Bonchev–Trinajstić information content (AvgIpc) is 2.38. The molecule has 0 fully saturated rings. The van der Waals surface area contributed by atoms with E-state index in [0.29, 0.717) is 12.1 Å². The molecule has 0 aliphatic rings. The third kappa shape index (κ3) is 4.08. The first-order valence-corrected chi connectivity index (χ1v) is 6.62. The predicted octanol–water partition coefficient (Wildman–Crippen LogP) is 2.49. The normalized spacial score (nSPS) is 10.8. The van der Waals surface area contributed by atoms with E-state index in [0.717, 1.165) is 17.7 Å². The van der Waals surface area contributed by atoms with Crippen LogP contribution < -0.4 is 5.73 Å². The molecule has 1 aromatic heterocycles. The van der Waals surface area contributed by atoms with Crippen LogP contribution in [-0.4, -0.2) is 21.9 Å².